The van der Waals surface area contributed by atoms with E-state index in [4.69, 9.17) is 0 Å². The van der Waals surface area contributed by atoms with Gasteiger partial charge in [-0.05, 0) is 57.5 Å². The molecule has 1 unspecified atom stereocenters. The first kappa shape index (κ1) is 12.4. The van der Waals surface area contributed by atoms with Crippen LogP contribution < -0.4 is 5.32 Å². The van der Waals surface area contributed by atoms with E-state index in [1.54, 1.807) is 0 Å². The molecule has 1 atom stereocenters. The number of carbonyl (C=O) groups is 1. The van der Waals surface area contributed by atoms with Crippen molar-refractivity contribution in [3.05, 3.63) is 0 Å². The van der Waals surface area contributed by atoms with Crippen LogP contribution in [-0.4, -0.2) is 47.7 Å². The monoisotopic (exact) mass is 252 g/mol. The topological polar surface area (TPSA) is 52.6 Å². The van der Waals surface area contributed by atoms with Crippen molar-refractivity contribution >= 4 is 5.91 Å². The first-order chi connectivity index (χ1) is 8.53. The molecule has 0 bridgehead atoms. The van der Waals surface area contributed by atoms with E-state index in [1.807, 2.05) is 11.8 Å². The summed E-state index contributed by atoms with van der Waals surface area (Å²) in [6, 6.07) is 0. The summed E-state index contributed by atoms with van der Waals surface area (Å²) in [7, 11) is 0. The fraction of sp³-hybridized carbons (Fsp3) is 0.929. The number of amides is 1. The van der Waals surface area contributed by atoms with Crippen molar-refractivity contribution in [3.8, 4) is 0 Å². The van der Waals surface area contributed by atoms with E-state index in [-0.39, 0.29) is 5.92 Å². The molecule has 1 saturated carbocycles. The van der Waals surface area contributed by atoms with Crippen LogP contribution in [0.25, 0.3) is 0 Å². The van der Waals surface area contributed by atoms with Crippen molar-refractivity contribution in [2.24, 2.45) is 11.3 Å². The zero-order chi connectivity index (χ0) is 12.8. The maximum Gasteiger partial charge on any atom is 0.226 e. The second-order valence-corrected chi connectivity index (χ2v) is 6.69. The van der Waals surface area contributed by atoms with Crippen molar-refractivity contribution in [1.82, 2.24) is 10.2 Å². The van der Waals surface area contributed by atoms with Gasteiger partial charge in [-0.3, -0.25) is 4.79 Å². The highest BCUT2D eigenvalue weighted by molar-refractivity contribution is 5.82. The van der Waals surface area contributed by atoms with Crippen molar-refractivity contribution in [2.45, 2.75) is 44.6 Å². The van der Waals surface area contributed by atoms with Crippen LogP contribution in [0.15, 0.2) is 0 Å². The number of likely N-dealkylation sites (tertiary alicyclic amines) is 1. The molecule has 4 heteroatoms. The molecule has 2 saturated heterocycles. The number of aliphatic hydroxyl groups is 1. The highest BCUT2D eigenvalue weighted by Gasteiger charge is 2.58. The van der Waals surface area contributed by atoms with Gasteiger partial charge >= 0.3 is 0 Å². The van der Waals surface area contributed by atoms with Gasteiger partial charge in [0.15, 0.2) is 0 Å². The fourth-order valence-electron chi connectivity index (χ4n) is 3.60. The lowest BCUT2D eigenvalue weighted by Crippen LogP contribution is -2.46. The molecule has 3 rings (SSSR count). The fourth-order valence-corrected chi connectivity index (χ4v) is 3.60. The Kier molecular flexibility index (Phi) is 2.90. The van der Waals surface area contributed by atoms with Gasteiger partial charge in [-0.25, -0.2) is 0 Å². The quantitative estimate of drug-likeness (QED) is 0.724. The normalized spacial score (nSPS) is 33.4. The molecule has 0 aromatic carbocycles. The Bertz CT molecular complexity index is 338. The van der Waals surface area contributed by atoms with Gasteiger partial charge in [0.25, 0.3) is 0 Å². The molecule has 18 heavy (non-hydrogen) atoms. The van der Waals surface area contributed by atoms with Gasteiger partial charge in [0, 0.05) is 19.0 Å². The molecular formula is C14H24N2O2. The van der Waals surface area contributed by atoms with Crippen LogP contribution in [0.5, 0.6) is 0 Å². The number of carbonyl (C=O) groups excluding carboxylic acids is 1. The minimum Gasteiger partial charge on any atom is -0.390 e. The third-order valence-electron chi connectivity index (χ3n) is 5.24. The summed E-state index contributed by atoms with van der Waals surface area (Å²) >= 11 is 0. The van der Waals surface area contributed by atoms with Gasteiger partial charge in [0.2, 0.25) is 5.91 Å². The van der Waals surface area contributed by atoms with Gasteiger partial charge in [0.05, 0.1) is 5.60 Å². The smallest absolute Gasteiger partial charge is 0.226 e. The van der Waals surface area contributed by atoms with Gasteiger partial charge in [-0.1, -0.05) is 0 Å². The summed E-state index contributed by atoms with van der Waals surface area (Å²) in [6.07, 6.45) is 4.87. The van der Waals surface area contributed by atoms with E-state index >= 15 is 0 Å². The molecule has 0 radical (unpaired) electrons. The first-order valence-electron chi connectivity index (χ1n) is 7.24. The molecule has 1 spiro atoms. The molecule has 3 fully saturated rings. The van der Waals surface area contributed by atoms with E-state index < -0.39 is 5.60 Å². The Hall–Kier alpha value is -0.610. The molecule has 2 aliphatic heterocycles. The maximum atomic E-state index is 12.5. The largest absolute Gasteiger partial charge is 0.390 e. The number of nitrogens with one attached hydrogen (secondary N) is 1. The summed E-state index contributed by atoms with van der Waals surface area (Å²) in [6.45, 7) is 5.48. The Morgan fingerprint density at radius 3 is 2.44 bits per heavy atom. The number of piperidine rings is 2. The molecule has 2 heterocycles. The van der Waals surface area contributed by atoms with Crippen LogP contribution in [0, 0.1) is 11.3 Å². The predicted octanol–water partition coefficient (Wildman–Crippen LogP) is 0.749. The summed E-state index contributed by atoms with van der Waals surface area (Å²) in [4.78, 5) is 14.5. The molecular weight excluding hydrogens is 228 g/mol. The zero-order valence-electron chi connectivity index (χ0n) is 11.2. The van der Waals surface area contributed by atoms with E-state index in [0.717, 1.165) is 58.3 Å². The minimum absolute atomic E-state index is 0.280. The lowest BCUT2D eigenvalue weighted by molar-refractivity contribution is -0.137. The van der Waals surface area contributed by atoms with Crippen LogP contribution in [0.4, 0.5) is 0 Å². The standard InChI is InChI=1S/C14H24N2O2/c1-13(18)4-8-16(9-5-13)12(17)11-10-14(11)2-6-15-7-3-14/h11,15,18H,2-10H2,1H3. The molecule has 102 valence electrons. The molecule has 2 N–H and O–H groups in total. The van der Waals surface area contributed by atoms with Gasteiger partial charge in [-0.2, -0.15) is 0 Å². The number of hydrogen-bond acceptors (Lipinski definition) is 3. The van der Waals surface area contributed by atoms with Gasteiger partial charge in [0.1, 0.15) is 0 Å². The maximum absolute atomic E-state index is 12.5. The van der Waals surface area contributed by atoms with Crippen LogP contribution in [0.1, 0.15) is 39.0 Å². The average molecular weight is 252 g/mol. The zero-order valence-corrected chi connectivity index (χ0v) is 11.2. The van der Waals surface area contributed by atoms with Crippen LogP contribution in [-0.2, 0) is 4.79 Å². The Labute approximate surface area is 109 Å². The molecule has 1 aliphatic carbocycles. The predicted molar refractivity (Wildman–Crippen MR) is 69.1 cm³/mol. The molecule has 4 nitrogen and oxygen atoms in total. The second-order valence-electron chi connectivity index (χ2n) is 6.69. The second kappa shape index (κ2) is 4.20. The summed E-state index contributed by atoms with van der Waals surface area (Å²) in [5, 5.41) is 13.3. The number of hydrogen-bond donors (Lipinski definition) is 2. The Morgan fingerprint density at radius 2 is 1.83 bits per heavy atom. The number of rotatable bonds is 1. The van der Waals surface area contributed by atoms with Crippen LogP contribution in [0.3, 0.4) is 0 Å². The number of nitrogens with zero attached hydrogens (tertiary/aromatic N) is 1. The SMILES string of the molecule is CC1(O)CCN(C(=O)C2CC23CCNCC3)CC1. The third-order valence-corrected chi connectivity index (χ3v) is 5.24. The van der Waals surface area contributed by atoms with Gasteiger partial charge < -0.3 is 15.3 Å². The minimum atomic E-state index is -0.563. The molecule has 3 aliphatic rings. The summed E-state index contributed by atoms with van der Waals surface area (Å²) in [5.74, 6) is 0.634. The summed E-state index contributed by atoms with van der Waals surface area (Å²) < 4.78 is 0. The first-order valence-corrected chi connectivity index (χ1v) is 7.24. The van der Waals surface area contributed by atoms with Crippen LogP contribution in [0.2, 0.25) is 0 Å². The van der Waals surface area contributed by atoms with Crippen molar-refractivity contribution < 1.29 is 9.90 Å². The molecule has 1 amide bonds. The van der Waals surface area contributed by atoms with Crippen molar-refractivity contribution in [3.63, 3.8) is 0 Å². The van der Waals surface area contributed by atoms with E-state index in [1.165, 1.54) is 0 Å². The average Bonchev–Trinajstić information content (AvgIpc) is 3.03. The highest BCUT2D eigenvalue weighted by atomic mass is 16.3. The molecule has 0 aromatic heterocycles. The Morgan fingerprint density at radius 1 is 1.22 bits per heavy atom. The third kappa shape index (κ3) is 2.16. The van der Waals surface area contributed by atoms with Crippen molar-refractivity contribution in [1.29, 1.82) is 0 Å². The van der Waals surface area contributed by atoms with E-state index in [2.05, 4.69) is 5.32 Å². The van der Waals surface area contributed by atoms with E-state index in [0.29, 0.717) is 11.3 Å². The Balaban J connectivity index is 1.57. The van der Waals surface area contributed by atoms with Gasteiger partial charge in [-0.15, -0.1) is 0 Å². The lowest BCUT2D eigenvalue weighted by Gasteiger charge is -2.36. The van der Waals surface area contributed by atoms with E-state index in [9.17, 15) is 9.90 Å². The summed E-state index contributed by atoms with van der Waals surface area (Å²) in [5.41, 5.74) is -0.227. The highest BCUT2D eigenvalue weighted by Crippen LogP contribution is 2.59. The lowest BCUT2D eigenvalue weighted by atomic mass is 9.90. The van der Waals surface area contributed by atoms with Crippen LogP contribution >= 0.6 is 0 Å². The van der Waals surface area contributed by atoms with Crippen molar-refractivity contribution in [2.75, 3.05) is 26.2 Å². The molecule has 0 aromatic rings.